The molecule has 5 fully saturated rings. The molecule has 5 aromatic carbocycles. The molecule has 5 aliphatic rings. The molecule has 0 unspecified atom stereocenters. The first-order valence-corrected chi connectivity index (χ1v) is 25.7. The topological polar surface area (TPSA) is 3.24 Å². The summed E-state index contributed by atoms with van der Waals surface area (Å²) in [5.74, 6) is -66.5. The van der Waals surface area contributed by atoms with Crippen LogP contribution in [0.3, 0.4) is 0 Å². The van der Waals surface area contributed by atoms with Crippen LogP contribution in [0.4, 0.5) is 93.5 Å². The van der Waals surface area contributed by atoms with Crippen molar-refractivity contribution in [1.29, 1.82) is 0 Å². The van der Waals surface area contributed by atoms with Gasteiger partial charge in [-0.15, -0.1) is 21.9 Å². The number of anilines is 1. The van der Waals surface area contributed by atoms with Gasteiger partial charge in [0.05, 0.1) is 6.54 Å². The number of hydrogen-bond acceptors (Lipinski definition) is 1. The Morgan fingerprint density at radius 3 is 0.921 bits per heavy atom. The van der Waals surface area contributed by atoms with Crippen LogP contribution in [-0.2, 0) is 20.0 Å². The van der Waals surface area contributed by atoms with Crippen molar-refractivity contribution in [1.82, 2.24) is 0 Å². The number of rotatable bonds is 7. The van der Waals surface area contributed by atoms with Crippen molar-refractivity contribution in [2.45, 2.75) is 97.4 Å². The van der Waals surface area contributed by atoms with Crippen molar-refractivity contribution in [3.05, 3.63) is 152 Å². The van der Waals surface area contributed by atoms with Crippen LogP contribution >= 0.6 is 9.19 Å². The molecule has 0 amide bonds. The second-order valence-electron chi connectivity index (χ2n) is 20.7. The molecule has 4 aliphatic carbocycles. The molecule has 10 rings (SSSR count). The molecule has 2 radical (unpaired) electrons. The number of halogens is 21. The van der Waals surface area contributed by atoms with Crippen LogP contribution in [0.25, 0.3) is 0 Å². The van der Waals surface area contributed by atoms with E-state index < -0.39 is 144 Å². The minimum atomic E-state index is -7.22. The maximum atomic E-state index is 15.4. The van der Waals surface area contributed by atoms with Gasteiger partial charge in [-0.3, -0.25) is 0 Å². The van der Waals surface area contributed by atoms with Gasteiger partial charge in [-0.25, -0.2) is 87.8 Å². The fraction of sp³-hybridized carbons (Fsp3) is 0.392. The summed E-state index contributed by atoms with van der Waals surface area (Å²) in [5.41, 5.74) is -9.33. The summed E-state index contributed by atoms with van der Waals surface area (Å²) >= 11 is 1.75. The smallest absolute Gasteiger partial charge is 1.00 e. The van der Waals surface area contributed by atoms with Gasteiger partial charge in [0.25, 0.3) is 0 Å². The van der Waals surface area contributed by atoms with E-state index in [2.05, 4.69) is 80.4 Å². The Morgan fingerprint density at radius 1 is 0.447 bits per heavy atom. The quantitative estimate of drug-likeness (QED) is 0.0679. The third kappa shape index (κ3) is 9.51. The number of benzene rings is 5. The summed E-state index contributed by atoms with van der Waals surface area (Å²) in [6, 6.07) is 7.01. The third-order valence-corrected chi connectivity index (χ3v) is 15.5. The molecule has 25 heteroatoms. The van der Waals surface area contributed by atoms with Crippen molar-refractivity contribution in [3.63, 3.8) is 0 Å². The maximum absolute atomic E-state index is 15.4. The molecule has 1 heterocycles. The zero-order chi connectivity index (χ0) is 56.2. The first kappa shape index (κ1) is 62.4. The maximum Gasteiger partial charge on any atom is 1.00 e. The minimum absolute atomic E-state index is 0. The van der Waals surface area contributed by atoms with E-state index in [9.17, 15) is 52.7 Å². The molecule has 1 nitrogen and oxygen atoms in total. The molecule has 4 bridgehead atoms. The summed E-state index contributed by atoms with van der Waals surface area (Å²) < 4.78 is 294. The van der Waals surface area contributed by atoms with Gasteiger partial charge in [0.2, 0.25) is 0 Å². The normalized spacial score (nSPS) is 21.3. The van der Waals surface area contributed by atoms with E-state index in [-0.39, 0.29) is 56.9 Å². The van der Waals surface area contributed by atoms with Gasteiger partial charge in [-0.2, -0.15) is 0 Å². The van der Waals surface area contributed by atoms with Crippen LogP contribution in [-0.4, -0.2) is 11.7 Å². The van der Waals surface area contributed by atoms with Crippen molar-refractivity contribution in [2.75, 3.05) is 4.90 Å². The van der Waals surface area contributed by atoms with Crippen molar-refractivity contribution in [2.24, 2.45) is 29.1 Å². The van der Waals surface area contributed by atoms with E-state index >= 15 is 35.1 Å². The monoisotopic (exact) mass is 1330 g/mol. The largest absolute Gasteiger partial charge is 1.00 e. The van der Waals surface area contributed by atoms with E-state index in [4.69, 9.17) is 0 Å². The standard InChI is InChI=1S/C27H39N.C24BF20.Au.ClH.K/c1-17(2)23-8-7-9-24(18(3)4)25(23)28-16-27(15-26(28,5)6)21-11-19-10-20(13-21)14-22(27)12-19;26-5-1(6(27)14(35)21(42)13(5)34)25(2-7(28)15(36)22(43)16(37)8(2)29,3-9(30)17(38)23(44)18(39)10(3)31)4-11(32)19(40)24(45)20(41)12(4)33;;;/h7-9,17-22H,10-15H2,1-6H3;;;1H;/q;-1;+1;;+1/p-1. The molecular formula is C51H39AuBClF20KN. The number of hydrogen-bond donors (Lipinski definition) is 0. The van der Waals surface area contributed by atoms with Crippen LogP contribution in [0.1, 0.15) is 103 Å². The van der Waals surface area contributed by atoms with Gasteiger partial charge in [0.1, 0.15) is 52.7 Å². The van der Waals surface area contributed by atoms with Crippen LogP contribution < -0.4 is 78.1 Å². The van der Waals surface area contributed by atoms with Gasteiger partial charge in [-0.05, 0) is 99.0 Å². The van der Waals surface area contributed by atoms with Crippen molar-refractivity contribution < 1.29 is 159 Å². The molecule has 0 aromatic heterocycles. The number of nitrogens with zero attached hydrogens (tertiary/aromatic N) is 1. The molecule has 0 atom stereocenters. The van der Waals surface area contributed by atoms with Crippen molar-refractivity contribution in [3.8, 4) is 0 Å². The van der Waals surface area contributed by atoms with Crippen molar-refractivity contribution >= 4 is 42.9 Å². The van der Waals surface area contributed by atoms with Gasteiger partial charge in [-0.1, -0.05) is 45.9 Å². The Balaban J connectivity index is 0.000000258. The Labute approximate surface area is 481 Å². The van der Waals surface area contributed by atoms with E-state index in [1.807, 2.05) is 0 Å². The first-order chi connectivity index (χ1) is 34.9. The first-order valence-electron chi connectivity index (χ1n) is 23.0. The van der Waals surface area contributed by atoms with Crippen LogP contribution in [0.15, 0.2) is 18.2 Å². The SMILES string of the molecule is CC(C)c1cccc(C(C)C)c1N1[C]C2(CC1(C)C)C1CC3CC(C1)CC2C3.Fc1c(F)c(F)c([B-](c2c(F)c(F)c(F)c(F)c2F)(c2c(F)c(F)c(F)c(F)c2F)c2c(F)c(F)c(F)c(F)c2F)c(F)c1F.[Cl][Au].[K+]. The summed E-state index contributed by atoms with van der Waals surface area (Å²) in [6.07, 6.45) is 1.53. The Morgan fingerprint density at radius 2 is 0.684 bits per heavy atom. The average molecular weight is 1330 g/mol. The zero-order valence-corrected chi connectivity index (χ0v) is 46.7. The summed E-state index contributed by atoms with van der Waals surface area (Å²) in [5, 5.41) is 0. The van der Waals surface area contributed by atoms with E-state index in [1.54, 1.807) is 20.0 Å². The van der Waals surface area contributed by atoms with E-state index in [1.165, 1.54) is 55.3 Å². The van der Waals surface area contributed by atoms with Crippen LogP contribution in [0.2, 0.25) is 0 Å². The Kier molecular flexibility index (Phi) is 18.6. The molecule has 1 spiro atoms. The van der Waals surface area contributed by atoms with Gasteiger partial charge in [0.15, 0.2) is 69.8 Å². The molecule has 1 saturated heterocycles. The number of para-hydroxylation sites is 1. The molecule has 5 aromatic rings. The Hall–Kier alpha value is -2.77. The Bertz CT molecular complexity index is 2680. The van der Waals surface area contributed by atoms with E-state index in [0.717, 1.165) is 23.7 Å². The summed E-state index contributed by atoms with van der Waals surface area (Å²) in [4.78, 5) is 2.65. The fourth-order valence-electron chi connectivity index (χ4n) is 12.7. The predicted octanol–water partition coefficient (Wildman–Crippen LogP) is 10.9. The minimum Gasteiger partial charge on any atom is 1.00 e. The van der Waals surface area contributed by atoms with Gasteiger partial charge >= 0.3 is 80.6 Å². The molecular weight excluding hydrogens is 1290 g/mol. The molecule has 0 N–H and O–H groups in total. The fourth-order valence-corrected chi connectivity index (χ4v) is 12.7. The molecule has 76 heavy (non-hydrogen) atoms. The second-order valence-corrected chi connectivity index (χ2v) is 20.7. The predicted molar refractivity (Wildman–Crippen MR) is 234 cm³/mol. The van der Waals surface area contributed by atoms with Gasteiger partial charge in [0, 0.05) is 16.6 Å². The van der Waals surface area contributed by atoms with Gasteiger partial charge < -0.3 is 4.90 Å². The van der Waals surface area contributed by atoms with Crippen LogP contribution in [0.5, 0.6) is 0 Å². The molecule has 410 valence electrons. The third-order valence-electron chi connectivity index (χ3n) is 15.5. The summed E-state index contributed by atoms with van der Waals surface area (Å²) in [6.45, 7) is 18.7. The average Bonchev–Trinajstić information content (AvgIpc) is 3.66. The zero-order valence-electron chi connectivity index (χ0n) is 40.7. The summed E-state index contributed by atoms with van der Waals surface area (Å²) in [7, 11) is 4.58. The second kappa shape index (κ2) is 22.6. The van der Waals surface area contributed by atoms with Crippen LogP contribution in [0, 0.1) is 152 Å². The van der Waals surface area contributed by atoms with E-state index in [0.29, 0.717) is 17.3 Å². The molecule has 1 aliphatic heterocycles. The molecule has 4 saturated carbocycles.